The molecule has 1 atom stereocenters. The van der Waals surface area contributed by atoms with E-state index in [0.29, 0.717) is 17.2 Å². The molecule has 0 fully saturated rings. The van der Waals surface area contributed by atoms with Gasteiger partial charge in [0.1, 0.15) is 0 Å². The Balaban J connectivity index is 2.83. The standard InChI is InChI=1S/C14H23NO2/c1-10(9-14(3,4)5)8-12-7-6-11(2)13(16)15(12)17/h6-7,10,17H,8-9H2,1-5H3. The molecule has 0 aliphatic rings. The molecule has 0 saturated carbocycles. The van der Waals surface area contributed by atoms with Crippen LogP contribution < -0.4 is 5.56 Å². The summed E-state index contributed by atoms with van der Waals surface area (Å²) in [6.45, 7) is 10.5. The maximum atomic E-state index is 11.6. The van der Waals surface area contributed by atoms with Crippen LogP contribution in [0.25, 0.3) is 0 Å². The van der Waals surface area contributed by atoms with Crippen molar-refractivity contribution in [3.8, 4) is 0 Å². The lowest BCUT2D eigenvalue weighted by atomic mass is 9.83. The van der Waals surface area contributed by atoms with Crippen LogP contribution in [-0.2, 0) is 6.42 Å². The minimum absolute atomic E-state index is 0.269. The zero-order valence-corrected chi connectivity index (χ0v) is 11.4. The number of pyridine rings is 1. The van der Waals surface area contributed by atoms with E-state index in [1.807, 2.05) is 6.07 Å². The molecule has 0 aliphatic heterocycles. The summed E-state index contributed by atoms with van der Waals surface area (Å²) in [5, 5.41) is 9.73. The Kier molecular flexibility index (Phi) is 4.02. The van der Waals surface area contributed by atoms with Crippen molar-refractivity contribution in [3.05, 3.63) is 33.7 Å². The van der Waals surface area contributed by atoms with Gasteiger partial charge in [0.2, 0.25) is 0 Å². The molecule has 1 unspecified atom stereocenters. The fourth-order valence-electron chi connectivity index (χ4n) is 2.29. The molecule has 0 spiro atoms. The second kappa shape index (κ2) is 4.94. The van der Waals surface area contributed by atoms with E-state index in [9.17, 15) is 10.0 Å². The van der Waals surface area contributed by atoms with Crippen molar-refractivity contribution in [2.75, 3.05) is 0 Å². The number of hydrogen-bond acceptors (Lipinski definition) is 2. The molecule has 1 rings (SSSR count). The van der Waals surface area contributed by atoms with Gasteiger partial charge in [-0.05, 0) is 37.2 Å². The highest BCUT2D eigenvalue weighted by Crippen LogP contribution is 2.25. The minimum Gasteiger partial charge on any atom is -0.425 e. The summed E-state index contributed by atoms with van der Waals surface area (Å²) in [6, 6.07) is 3.60. The van der Waals surface area contributed by atoms with E-state index in [0.717, 1.165) is 17.6 Å². The topological polar surface area (TPSA) is 42.2 Å². The number of aromatic nitrogens is 1. The van der Waals surface area contributed by atoms with Gasteiger partial charge in [-0.3, -0.25) is 4.79 Å². The van der Waals surface area contributed by atoms with E-state index in [-0.39, 0.29) is 11.0 Å². The molecule has 0 radical (unpaired) electrons. The van der Waals surface area contributed by atoms with Gasteiger partial charge in [0, 0.05) is 5.56 Å². The van der Waals surface area contributed by atoms with Crippen molar-refractivity contribution in [2.45, 2.75) is 47.5 Å². The fraction of sp³-hybridized carbons (Fsp3) is 0.643. The normalized spacial score (nSPS) is 13.7. The van der Waals surface area contributed by atoms with E-state index >= 15 is 0 Å². The van der Waals surface area contributed by atoms with Gasteiger partial charge in [-0.15, -0.1) is 0 Å². The summed E-state index contributed by atoms with van der Waals surface area (Å²) < 4.78 is 0.786. The van der Waals surface area contributed by atoms with Crippen LogP contribution in [0, 0.1) is 18.3 Å². The summed E-state index contributed by atoms with van der Waals surface area (Å²) in [5.74, 6) is 0.440. The van der Waals surface area contributed by atoms with Crippen molar-refractivity contribution in [3.63, 3.8) is 0 Å². The van der Waals surface area contributed by atoms with E-state index in [1.54, 1.807) is 13.0 Å². The number of hydrogen-bond donors (Lipinski definition) is 1. The van der Waals surface area contributed by atoms with E-state index in [1.165, 1.54) is 0 Å². The highest BCUT2D eigenvalue weighted by molar-refractivity contribution is 5.14. The molecule has 0 aromatic carbocycles. The average molecular weight is 237 g/mol. The molecular weight excluding hydrogens is 214 g/mol. The first-order valence-electron chi connectivity index (χ1n) is 6.11. The quantitative estimate of drug-likeness (QED) is 0.821. The van der Waals surface area contributed by atoms with Gasteiger partial charge in [-0.25, -0.2) is 0 Å². The van der Waals surface area contributed by atoms with Gasteiger partial charge >= 0.3 is 0 Å². The highest BCUT2D eigenvalue weighted by Gasteiger charge is 2.17. The van der Waals surface area contributed by atoms with Crippen molar-refractivity contribution >= 4 is 0 Å². The monoisotopic (exact) mass is 237 g/mol. The third-order valence-corrected chi connectivity index (χ3v) is 2.85. The number of rotatable bonds is 3. The first-order valence-corrected chi connectivity index (χ1v) is 6.11. The number of aryl methyl sites for hydroxylation is 1. The molecule has 17 heavy (non-hydrogen) atoms. The predicted octanol–water partition coefficient (Wildman–Crippen LogP) is 3.01. The van der Waals surface area contributed by atoms with Gasteiger partial charge in [0.15, 0.2) is 0 Å². The zero-order chi connectivity index (χ0) is 13.2. The molecule has 96 valence electrons. The van der Waals surface area contributed by atoms with Crippen LogP contribution in [0.3, 0.4) is 0 Å². The first kappa shape index (κ1) is 13.8. The fourth-order valence-corrected chi connectivity index (χ4v) is 2.29. The molecule has 1 N–H and O–H groups in total. The van der Waals surface area contributed by atoms with Gasteiger partial charge < -0.3 is 5.21 Å². The maximum Gasteiger partial charge on any atom is 0.285 e. The smallest absolute Gasteiger partial charge is 0.285 e. The van der Waals surface area contributed by atoms with Crippen LogP contribution in [0.5, 0.6) is 0 Å². The van der Waals surface area contributed by atoms with Gasteiger partial charge in [-0.2, -0.15) is 4.73 Å². The lowest BCUT2D eigenvalue weighted by molar-refractivity contribution is 0.159. The van der Waals surface area contributed by atoms with Gasteiger partial charge in [0.05, 0.1) is 5.69 Å². The highest BCUT2D eigenvalue weighted by atomic mass is 16.5. The molecule has 0 aliphatic carbocycles. The molecule has 3 heteroatoms. The average Bonchev–Trinajstić information content (AvgIpc) is 2.16. The van der Waals surface area contributed by atoms with Crippen LogP contribution in [0.15, 0.2) is 16.9 Å². The van der Waals surface area contributed by atoms with Crippen LogP contribution in [0.4, 0.5) is 0 Å². The Morgan fingerprint density at radius 1 is 1.35 bits per heavy atom. The Bertz CT molecular complexity index is 441. The van der Waals surface area contributed by atoms with Gasteiger partial charge in [0.25, 0.3) is 5.56 Å². The minimum atomic E-state index is -0.314. The Labute approximate surface area is 103 Å². The SMILES string of the molecule is Cc1ccc(CC(C)CC(C)(C)C)n(O)c1=O. The zero-order valence-electron chi connectivity index (χ0n) is 11.4. The summed E-state index contributed by atoms with van der Waals surface area (Å²) in [6.07, 6.45) is 1.79. The van der Waals surface area contributed by atoms with Crippen LogP contribution in [0.1, 0.15) is 45.4 Å². The van der Waals surface area contributed by atoms with E-state index in [4.69, 9.17) is 0 Å². The maximum absolute atomic E-state index is 11.6. The molecule has 3 nitrogen and oxygen atoms in total. The molecule has 0 amide bonds. The van der Waals surface area contributed by atoms with Crippen LogP contribution in [-0.4, -0.2) is 9.94 Å². The third kappa shape index (κ3) is 3.91. The Morgan fingerprint density at radius 3 is 2.47 bits per heavy atom. The van der Waals surface area contributed by atoms with E-state index in [2.05, 4.69) is 27.7 Å². The van der Waals surface area contributed by atoms with Crippen LogP contribution >= 0.6 is 0 Å². The molecule has 0 saturated heterocycles. The van der Waals surface area contributed by atoms with Crippen molar-refractivity contribution < 1.29 is 5.21 Å². The number of nitrogens with zero attached hydrogens (tertiary/aromatic N) is 1. The second-order valence-corrected chi connectivity index (χ2v) is 6.20. The van der Waals surface area contributed by atoms with Crippen molar-refractivity contribution in [1.29, 1.82) is 0 Å². The molecule has 1 aromatic rings. The Hall–Kier alpha value is -1.25. The van der Waals surface area contributed by atoms with Crippen LogP contribution in [0.2, 0.25) is 0 Å². The van der Waals surface area contributed by atoms with Gasteiger partial charge in [-0.1, -0.05) is 33.8 Å². The first-order chi connectivity index (χ1) is 7.70. The molecular formula is C14H23NO2. The van der Waals surface area contributed by atoms with Crippen molar-refractivity contribution in [1.82, 2.24) is 4.73 Å². The Morgan fingerprint density at radius 2 is 1.94 bits per heavy atom. The molecule has 1 heterocycles. The summed E-state index contributed by atoms with van der Waals surface area (Å²) in [4.78, 5) is 11.6. The molecule has 1 aromatic heterocycles. The lowest BCUT2D eigenvalue weighted by Gasteiger charge is -2.23. The summed E-state index contributed by atoms with van der Waals surface area (Å²) in [5.41, 5.74) is 1.22. The largest absolute Gasteiger partial charge is 0.425 e. The third-order valence-electron chi connectivity index (χ3n) is 2.85. The lowest BCUT2D eigenvalue weighted by Crippen LogP contribution is -2.24. The summed E-state index contributed by atoms with van der Waals surface area (Å²) in [7, 11) is 0. The van der Waals surface area contributed by atoms with Crippen molar-refractivity contribution in [2.24, 2.45) is 11.3 Å². The molecule has 0 bridgehead atoms. The predicted molar refractivity (Wildman–Crippen MR) is 69.6 cm³/mol. The van der Waals surface area contributed by atoms with E-state index < -0.39 is 0 Å². The second-order valence-electron chi connectivity index (χ2n) is 6.20. The summed E-state index contributed by atoms with van der Waals surface area (Å²) >= 11 is 0.